The van der Waals surface area contributed by atoms with E-state index in [2.05, 4.69) is 0 Å². The van der Waals surface area contributed by atoms with E-state index in [-0.39, 0.29) is 18.2 Å². The van der Waals surface area contributed by atoms with E-state index in [0.29, 0.717) is 26.2 Å². The van der Waals surface area contributed by atoms with Crippen LogP contribution in [0.1, 0.15) is 24.9 Å². The number of benzene rings is 2. The summed E-state index contributed by atoms with van der Waals surface area (Å²) in [6.45, 7) is 1.81. The first-order valence-electron chi connectivity index (χ1n) is 9.20. The summed E-state index contributed by atoms with van der Waals surface area (Å²) in [7, 11) is 1.57. The Hall–Kier alpha value is -2.67. The van der Waals surface area contributed by atoms with Crippen LogP contribution in [0.3, 0.4) is 0 Å². The molecule has 152 valence electrons. The van der Waals surface area contributed by atoms with Crippen LogP contribution in [0.5, 0.6) is 5.75 Å². The molecule has 0 N–H and O–H groups in total. The highest BCUT2D eigenvalue weighted by molar-refractivity contribution is 7.21. The van der Waals surface area contributed by atoms with E-state index < -0.39 is 0 Å². The zero-order valence-corrected chi connectivity index (χ0v) is 18.7. The highest BCUT2D eigenvalue weighted by Crippen LogP contribution is 2.37. The molecule has 0 radical (unpaired) electrons. The monoisotopic (exact) mass is 455 g/mol. The Morgan fingerprint density at radius 1 is 1.10 bits per heavy atom. The minimum atomic E-state index is -0.303. The van der Waals surface area contributed by atoms with Gasteiger partial charge in [-0.15, -0.1) is 22.7 Å². The van der Waals surface area contributed by atoms with Crippen molar-refractivity contribution in [3.05, 3.63) is 80.3 Å². The lowest BCUT2D eigenvalue weighted by Crippen LogP contribution is -2.36. The number of aryl methyl sites for hydroxylation is 1. The standard InChI is InChI=1S/C23H18ClNO3S2/c1-14-9-10-15(28-2)12-17(14)25(13-18(26)20-8-5-11-29-20)23(27)22-21(24)16-6-3-4-7-19(16)30-22/h3-12H,13H2,1-2H3. The number of carbonyl (C=O) groups is 2. The third-order valence-corrected chi connectivity index (χ3v) is 7.35. The van der Waals surface area contributed by atoms with Crippen molar-refractivity contribution >= 4 is 61.7 Å². The number of amides is 1. The lowest BCUT2D eigenvalue weighted by atomic mass is 10.1. The summed E-state index contributed by atoms with van der Waals surface area (Å²) in [5.41, 5.74) is 1.48. The number of hydrogen-bond acceptors (Lipinski definition) is 5. The molecule has 2 aromatic heterocycles. The maximum absolute atomic E-state index is 13.7. The van der Waals surface area contributed by atoms with Crippen molar-refractivity contribution in [1.29, 1.82) is 0 Å². The van der Waals surface area contributed by atoms with Gasteiger partial charge >= 0.3 is 0 Å². The van der Waals surface area contributed by atoms with Crippen LogP contribution in [0.2, 0.25) is 5.02 Å². The number of carbonyl (C=O) groups excluding carboxylic acids is 2. The lowest BCUT2D eigenvalue weighted by Gasteiger charge is -2.24. The van der Waals surface area contributed by atoms with Gasteiger partial charge in [-0.1, -0.05) is 41.9 Å². The Kier molecular flexibility index (Phi) is 5.90. The van der Waals surface area contributed by atoms with Gasteiger partial charge in [0.15, 0.2) is 5.78 Å². The highest BCUT2D eigenvalue weighted by atomic mass is 35.5. The summed E-state index contributed by atoms with van der Waals surface area (Å²) in [6, 6.07) is 16.7. The SMILES string of the molecule is COc1ccc(C)c(N(CC(=O)c2cccs2)C(=O)c2sc3ccccc3c2Cl)c1. The van der Waals surface area contributed by atoms with Gasteiger partial charge in [-0.25, -0.2) is 0 Å². The quantitative estimate of drug-likeness (QED) is 0.313. The Labute approximate surface area is 187 Å². The normalized spacial score (nSPS) is 10.9. The predicted octanol–water partition coefficient (Wildman–Crippen LogP) is 6.46. The summed E-state index contributed by atoms with van der Waals surface area (Å²) in [6.07, 6.45) is 0. The van der Waals surface area contributed by atoms with Crippen LogP contribution in [0.4, 0.5) is 5.69 Å². The molecule has 1 amide bonds. The van der Waals surface area contributed by atoms with E-state index in [9.17, 15) is 9.59 Å². The van der Waals surface area contributed by atoms with Gasteiger partial charge in [0, 0.05) is 16.2 Å². The fourth-order valence-corrected chi connectivity index (χ4v) is 5.32. The zero-order valence-electron chi connectivity index (χ0n) is 16.3. The molecule has 30 heavy (non-hydrogen) atoms. The molecule has 0 spiro atoms. The van der Waals surface area contributed by atoms with Crippen molar-refractivity contribution in [3.63, 3.8) is 0 Å². The van der Waals surface area contributed by atoms with Crippen molar-refractivity contribution in [2.24, 2.45) is 0 Å². The first-order valence-corrected chi connectivity index (χ1v) is 11.3. The number of anilines is 1. The molecule has 0 aliphatic rings. The predicted molar refractivity (Wildman–Crippen MR) is 125 cm³/mol. The molecule has 7 heteroatoms. The van der Waals surface area contributed by atoms with Crippen LogP contribution in [-0.2, 0) is 0 Å². The smallest absolute Gasteiger partial charge is 0.270 e. The second kappa shape index (κ2) is 8.60. The number of halogens is 1. The van der Waals surface area contributed by atoms with Gasteiger partial charge in [0.25, 0.3) is 5.91 Å². The van der Waals surface area contributed by atoms with Crippen LogP contribution >= 0.6 is 34.3 Å². The van der Waals surface area contributed by atoms with Crippen LogP contribution in [0, 0.1) is 6.92 Å². The number of fused-ring (bicyclic) bond motifs is 1. The van der Waals surface area contributed by atoms with Gasteiger partial charge in [0.1, 0.15) is 10.6 Å². The second-order valence-electron chi connectivity index (χ2n) is 6.69. The molecule has 4 nitrogen and oxygen atoms in total. The molecular weight excluding hydrogens is 438 g/mol. The summed E-state index contributed by atoms with van der Waals surface area (Å²) in [4.78, 5) is 29.1. The molecule has 0 saturated heterocycles. The minimum Gasteiger partial charge on any atom is -0.497 e. The van der Waals surface area contributed by atoms with E-state index in [1.807, 2.05) is 54.8 Å². The minimum absolute atomic E-state index is 0.0854. The van der Waals surface area contributed by atoms with Crippen molar-refractivity contribution in [2.45, 2.75) is 6.92 Å². The number of ether oxygens (including phenoxy) is 1. The van der Waals surface area contributed by atoms with Crippen molar-refractivity contribution < 1.29 is 14.3 Å². The van der Waals surface area contributed by atoms with E-state index in [1.54, 1.807) is 19.2 Å². The maximum atomic E-state index is 13.7. The average molecular weight is 456 g/mol. The number of methoxy groups -OCH3 is 1. The van der Waals surface area contributed by atoms with E-state index in [0.717, 1.165) is 15.6 Å². The number of thiophene rings is 2. The molecule has 0 saturated carbocycles. The molecule has 4 aromatic rings. The molecule has 0 bridgehead atoms. The Balaban J connectivity index is 1.80. The molecule has 0 unspecified atom stereocenters. The largest absolute Gasteiger partial charge is 0.497 e. The number of nitrogens with zero attached hydrogens (tertiary/aromatic N) is 1. The first kappa shape index (κ1) is 20.6. The van der Waals surface area contributed by atoms with Gasteiger partial charge in [-0.2, -0.15) is 0 Å². The summed E-state index contributed by atoms with van der Waals surface area (Å²) < 4.78 is 6.28. The summed E-state index contributed by atoms with van der Waals surface area (Å²) in [5, 5.41) is 3.09. The van der Waals surface area contributed by atoms with Crippen molar-refractivity contribution in [3.8, 4) is 5.75 Å². The topological polar surface area (TPSA) is 46.6 Å². The Bertz CT molecular complexity index is 1230. The van der Waals surface area contributed by atoms with E-state index in [1.165, 1.54) is 27.6 Å². The third kappa shape index (κ3) is 3.86. The molecule has 0 fully saturated rings. The molecule has 0 aliphatic carbocycles. The highest BCUT2D eigenvalue weighted by Gasteiger charge is 2.27. The fraction of sp³-hybridized carbons (Fsp3) is 0.130. The fourth-order valence-electron chi connectivity index (χ4n) is 3.21. The van der Waals surface area contributed by atoms with Crippen molar-refractivity contribution in [1.82, 2.24) is 0 Å². The van der Waals surface area contributed by atoms with Gasteiger partial charge in [0.2, 0.25) is 0 Å². The van der Waals surface area contributed by atoms with Crippen LogP contribution in [0.25, 0.3) is 10.1 Å². The third-order valence-electron chi connectivity index (χ3n) is 4.78. The van der Waals surface area contributed by atoms with E-state index >= 15 is 0 Å². The van der Waals surface area contributed by atoms with Crippen LogP contribution < -0.4 is 9.64 Å². The number of Topliss-reactive ketones (excluding diaryl/α,β-unsaturated/α-hetero) is 1. The van der Waals surface area contributed by atoms with Crippen molar-refractivity contribution in [2.75, 3.05) is 18.6 Å². The average Bonchev–Trinajstić information content (AvgIpc) is 3.41. The molecular formula is C23H18ClNO3S2. The van der Waals surface area contributed by atoms with Crippen LogP contribution in [-0.4, -0.2) is 25.3 Å². The van der Waals surface area contributed by atoms with Crippen LogP contribution in [0.15, 0.2) is 60.0 Å². The molecule has 2 heterocycles. The van der Waals surface area contributed by atoms with Gasteiger partial charge in [0.05, 0.1) is 29.2 Å². The molecule has 0 atom stereocenters. The molecule has 0 aliphatic heterocycles. The zero-order chi connectivity index (χ0) is 21.3. The second-order valence-corrected chi connectivity index (χ2v) is 9.06. The maximum Gasteiger partial charge on any atom is 0.270 e. The van der Waals surface area contributed by atoms with Gasteiger partial charge in [-0.3, -0.25) is 14.5 Å². The number of hydrogen-bond donors (Lipinski definition) is 0. The van der Waals surface area contributed by atoms with E-state index in [4.69, 9.17) is 16.3 Å². The summed E-state index contributed by atoms with van der Waals surface area (Å²) in [5.74, 6) is 0.180. The molecule has 2 aromatic carbocycles. The van der Waals surface area contributed by atoms with Gasteiger partial charge < -0.3 is 4.74 Å². The Morgan fingerprint density at radius 3 is 2.60 bits per heavy atom. The number of rotatable bonds is 6. The first-order chi connectivity index (χ1) is 14.5. The molecule has 4 rings (SSSR count). The lowest BCUT2D eigenvalue weighted by molar-refractivity contribution is 0.0941. The summed E-state index contributed by atoms with van der Waals surface area (Å²) >= 11 is 9.26. The number of ketones is 1. The Morgan fingerprint density at radius 2 is 1.90 bits per heavy atom. The van der Waals surface area contributed by atoms with Gasteiger partial charge in [-0.05, 0) is 36.1 Å².